The number of carboxylic acids is 1. The van der Waals surface area contributed by atoms with Crippen LogP contribution in [-0.2, 0) is 14.3 Å². The van der Waals surface area contributed by atoms with Crippen LogP contribution in [0, 0.1) is 0 Å². The standard InChI is InChI=1S/C7H13NO4/c8-4-1-2-7(11)12-5-3-6(9)10/h1-5,8H2,(H,9,10). The topological polar surface area (TPSA) is 89.6 Å². The molecular formula is C7H13NO4. The first-order chi connectivity index (χ1) is 5.66. The molecule has 5 nitrogen and oxygen atoms in total. The zero-order valence-electron chi connectivity index (χ0n) is 6.78. The number of rotatable bonds is 6. The Hall–Kier alpha value is -1.10. The summed E-state index contributed by atoms with van der Waals surface area (Å²) in [7, 11) is 0. The van der Waals surface area contributed by atoms with E-state index in [0.29, 0.717) is 13.0 Å². The van der Waals surface area contributed by atoms with Crippen molar-refractivity contribution in [2.24, 2.45) is 5.73 Å². The van der Waals surface area contributed by atoms with Gasteiger partial charge in [-0.1, -0.05) is 0 Å². The number of carbonyl (C=O) groups is 2. The fourth-order valence-electron chi connectivity index (χ4n) is 0.571. The first kappa shape index (κ1) is 10.9. The first-order valence-electron chi connectivity index (χ1n) is 3.74. The molecule has 0 aromatic heterocycles. The lowest BCUT2D eigenvalue weighted by atomic mass is 10.3. The highest BCUT2D eigenvalue weighted by molar-refractivity contribution is 5.70. The van der Waals surface area contributed by atoms with Gasteiger partial charge in [-0.3, -0.25) is 9.59 Å². The number of esters is 1. The van der Waals surface area contributed by atoms with Crippen LogP contribution in [0.1, 0.15) is 19.3 Å². The SMILES string of the molecule is NCCCC(=O)OCCC(=O)O. The van der Waals surface area contributed by atoms with E-state index in [1.807, 2.05) is 0 Å². The second-order valence-electron chi connectivity index (χ2n) is 2.26. The quantitative estimate of drug-likeness (QED) is 0.543. The normalized spacial score (nSPS) is 9.42. The highest BCUT2D eigenvalue weighted by atomic mass is 16.5. The average Bonchev–Trinajstić information content (AvgIpc) is 2.00. The van der Waals surface area contributed by atoms with Crippen LogP contribution in [0.5, 0.6) is 0 Å². The summed E-state index contributed by atoms with van der Waals surface area (Å²) in [6, 6.07) is 0. The third-order valence-electron chi connectivity index (χ3n) is 1.16. The van der Waals surface area contributed by atoms with Crippen molar-refractivity contribution in [3.8, 4) is 0 Å². The van der Waals surface area contributed by atoms with Crippen molar-refractivity contribution in [2.75, 3.05) is 13.2 Å². The van der Waals surface area contributed by atoms with E-state index >= 15 is 0 Å². The van der Waals surface area contributed by atoms with Crippen LogP contribution in [0.15, 0.2) is 0 Å². The Morgan fingerprint density at radius 3 is 2.50 bits per heavy atom. The Morgan fingerprint density at radius 1 is 1.33 bits per heavy atom. The molecule has 12 heavy (non-hydrogen) atoms. The van der Waals surface area contributed by atoms with Crippen molar-refractivity contribution in [1.82, 2.24) is 0 Å². The lowest BCUT2D eigenvalue weighted by molar-refractivity contribution is -0.146. The molecule has 0 spiro atoms. The maximum atomic E-state index is 10.7. The van der Waals surface area contributed by atoms with E-state index in [1.54, 1.807) is 0 Å². The van der Waals surface area contributed by atoms with Gasteiger partial charge >= 0.3 is 11.9 Å². The molecule has 0 aromatic rings. The van der Waals surface area contributed by atoms with Crippen LogP contribution < -0.4 is 5.73 Å². The van der Waals surface area contributed by atoms with E-state index in [2.05, 4.69) is 4.74 Å². The predicted molar refractivity (Wildman–Crippen MR) is 41.5 cm³/mol. The van der Waals surface area contributed by atoms with Gasteiger partial charge in [0.2, 0.25) is 0 Å². The zero-order valence-corrected chi connectivity index (χ0v) is 6.78. The van der Waals surface area contributed by atoms with Crippen LogP contribution in [0.3, 0.4) is 0 Å². The van der Waals surface area contributed by atoms with Gasteiger partial charge in [0.25, 0.3) is 0 Å². The molecule has 0 rings (SSSR count). The molecule has 0 atom stereocenters. The lowest BCUT2D eigenvalue weighted by Crippen LogP contribution is -2.10. The van der Waals surface area contributed by atoms with Gasteiger partial charge in [-0.25, -0.2) is 0 Å². The van der Waals surface area contributed by atoms with Crippen molar-refractivity contribution < 1.29 is 19.4 Å². The number of hydrogen-bond donors (Lipinski definition) is 2. The molecule has 5 heteroatoms. The minimum atomic E-state index is -0.971. The van der Waals surface area contributed by atoms with E-state index in [4.69, 9.17) is 10.8 Å². The molecule has 0 saturated heterocycles. The van der Waals surface area contributed by atoms with E-state index in [-0.39, 0.29) is 25.4 Å². The molecule has 0 amide bonds. The van der Waals surface area contributed by atoms with Crippen LogP contribution in [0.25, 0.3) is 0 Å². The van der Waals surface area contributed by atoms with E-state index in [0.717, 1.165) is 0 Å². The Balaban J connectivity index is 3.25. The molecule has 0 aromatic carbocycles. The van der Waals surface area contributed by atoms with Gasteiger partial charge < -0.3 is 15.6 Å². The van der Waals surface area contributed by atoms with Crippen molar-refractivity contribution in [1.29, 1.82) is 0 Å². The number of nitrogens with two attached hydrogens (primary N) is 1. The molecule has 0 heterocycles. The fourth-order valence-corrected chi connectivity index (χ4v) is 0.571. The van der Waals surface area contributed by atoms with Crippen molar-refractivity contribution in [3.05, 3.63) is 0 Å². The number of aliphatic carboxylic acids is 1. The molecular weight excluding hydrogens is 162 g/mol. The summed E-state index contributed by atoms with van der Waals surface area (Å²) < 4.78 is 4.58. The highest BCUT2D eigenvalue weighted by Crippen LogP contribution is 1.92. The smallest absolute Gasteiger partial charge is 0.306 e. The minimum absolute atomic E-state index is 0.0568. The third kappa shape index (κ3) is 7.01. The predicted octanol–water partition coefficient (Wildman–Crippen LogP) is -0.257. The molecule has 70 valence electrons. The summed E-state index contributed by atoms with van der Waals surface area (Å²) in [5.74, 6) is -1.36. The van der Waals surface area contributed by atoms with E-state index in [9.17, 15) is 9.59 Å². The summed E-state index contributed by atoms with van der Waals surface area (Å²) in [5, 5.41) is 8.19. The third-order valence-corrected chi connectivity index (χ3v) is 1.16. The van der Waals surface area contributed by atoms with Gasteiger partial charge in [-0.2, -0.15) is 0 Å². The van der Waals surface area contributed by atoms with Gasteiger partial charge in [0.1, 0.15) is 6.61 Å². The van der Waals surface area contributed by atoms with Gasteiger partial charge in [0, 0.05) is 6.42 Å². The van der Waals surface area contributed by atoms with Crippen molar-refractivity contribution in [3.63, 3.8) is 0 Å². The average molecular weight is 175 g/mol. The summed E-state index contributed by atoms with van der Waals surface area (Å²) in [5.41, 5.74) is 5.15. The number of ether oxygens (including phenoxy) is 1. The van der Waals surface area contributed by atoms with Crippen molar-refractivity contribution in [2.45, 2.75) is 19.3 Å². The first-order valence-corrected chi connectivity index (χ1v) is 3.74. The molecule has 0 unspecified atom stereocenters. The molecule has 0 bridgehead atoms. The van der Waals surface area contributed by atoms with Crippen molar-refractivity contribution >= 4 is 11.9 Å². The lowest BCUT2D eigenvalue weighted by Gasteiger charge is -2.00. The zero-order chi connectivity index (χ0) is 9.40. The van der Waals surface area contributed by atoms with E-state index in [1.165, 1.54) is 0 Å². The monoisotopic (exact) mass is 175 g/mol. The van der Waals surface area contributed by atoms with E-state index < -0.39 is 5.97 Å². The summed E-state index contributed by atoms with van der Waals surface area (Å²) >= 11 is 0. The second kappa shape index (κ2) is 6.60. The summed E-state index contributed by atoms with van der Waals surface area (Å²) in [6.45, 7) is 0.382. The largest absolute Gasteiger partial charge is 0.481 e. The number of carbonyl (C=O) groups excluding carboxylic acids is 1. The molecule has 0 saturated carbocycles. The minimum Gasteiger partial charge on any atom is -0.481 e. The van der Waals surface area contributed by atoms with Crippen LogP contribution in [0.4, 0.5) is 0 Å². The van der Waals surface area contributed by atoms with Gasteiger partial charge in [-0.05, 0) is 13.0 Å². The Morgan fingerprint density at radius 2 is 2.00 bits per heavy atom. The molecule has 0 fully saturated rings. The maximum absolute atomic E-state index is 10.7. The Labute approximate surface area is 70.5 Å². The van der Waals surface area contributed by atoms with Crippen LogP contribution >= 0.6 is 0 Å². The summed E-state index contributed by atoms with van der Waals surface area (Å²) in [6.07, 6.45) is 0.691. The number of carboxylic acid groups (broad SMARTS) is 1. The fraction of sp³-hybridized carbons (Fsp3) is 0.714. The van der Waals surface area contributed by atoms with Gasteiger partial charge in [0.15, 0.2) is 0 Å². The molecule has 0 radical (unpaired) electrons. The van der Waals surface area contributed by atoms with Gasteiger partial charge in [-0.15, -0.1) is 0 Å². The molecule has 3 N–H and O–H groups in total. The molecule has 0 aliphatic heterocycles. The van der Waals surface area contributed by atoms with Crippen LogP contribution in [-0.4, -0.2) is 30.2 Å². The molecule has 0 aliphatic rings. The Kier molecular flexibility index (Phi) is 6.00. The number of hydrogen-bond acceptors (Lipinski definition) is 4. The maximum Gasteiger partial charge on any atom is 0.306 e. The Bertz CT molecular complexity index is 157. The van der Waals surface area contributed by atoms with Crippen LogP contribution in [0.2, 0.25) is 0 Å². The highest BCUT2D eigenvalue weighted by Gasteiger charge is 2.03. The summed E-state index contributed by atoms with van der Waals surface area (Å²) in [4.78, 5) is 20.7. The second-order valence-corrected chi connectivity index (χ2v) is 2.26. The van der Waals surface area contributed by atoms with Gasteiger partial charge in [0.05, 0.1) is 6.42 Å². The molecule has 0 aliphatic carbocycles.